The van der Waals surface area contributed by atoms with Crippen LogP contribution in [0.4, 0.5) is 0 Å². The minimum atomic E-state index is -0.824. The van der Waals surface area contributed by atoms with E-state index in [9.17, 15) is 10.2 Å². The van der Waals surface area contributed by atoms with Crippen molar-refractivity contribution in [1.29, 1.82) is 0 Å². The zero-order valence-corrected chi connectivity index (χ0v) is 9.29. The van der Waals surface area contributed by atoms with Crippen LogP contribution < -0.4 is 4.74 Å². The number of hydrogen-bond donors (Lipinski definition) is 2. The molecule has 0 heterocycles. The molecule has 2 N–H and O–H groups in total. The molecule has 0 amide bonds. The van der Waals surface area contributed by atoms with Crippen LogP contribution in [-0.4, -0.2) is 17.3 Å². The van der Waals surface area contributed by atoms with Crippen LogP contribution in [0.25, 0.3) is 0 Å². The van der Waals surface area contributed by atoms with Crippen LogP contribution in [0.3, 0.4) is 0 Å². The Morgan fingerprint density at radius 3 is 2.40 bits per heavy atom. The van der Waals surface area contributed by atoms with Gasteiger partial charge in [0.15, 0.2) is 11.5 Å². The van der Waals surface area contributed by atoms with Crippen LogP contribution in [0.15, 0.2) is 6.07 Å². The summed E-state index contributed by atoms with van der Waals surface area (Å²) < 4.78 is 5.16. The zero-order chi connectivity index (χ0) is 11.2. The Morgan fingerprint density at radius 1 is 1.33 bits per heavy atom. The van der Waals surface area contributed by atoms with Crippen molar-refractivity contribution in [2.45, 2.75) is 32.3 Å². The van der Waals surface area contributed by atoms with Gasteiger partial charge in [-0.15, -0.1) is 0 Å². The highest BCUT2D eigenvalue weighted by Crippen LogP contribution is 2.51. The van der Waals surface area contributed by atoms with Crippen molar-refractivity contribution < 1.29 is 14.9 Å². The lowest BCUT2D eigenvalue weighted by atomic mass is 9.99. The number of hydrogen-bond acceptors (Lipinski definition) is 3. The number of phenolic OH excluding ortho intramolecular Hbond substituents is 1. The molecular weight excluding hydrogens is 192 g/mol. The van der Waals surface area contributed by atoms with Crippen molar-refractivity contribution in [3.63, 3.8) is 0 Å². The van der Waals surface area contributed by atoms with Crippen molar-refractivity contribution in [3.05, 3.63) is 22.8 Å². The minimum absolute atomic E-state index is 0.0839. The molecule has 0 aliphatic heterocycles. The van der Waals surface area contributed by atoms with E-state index in [4.69, 9.17) is 4.74 Å². The molecule has 0 bridgehead atoms. The second kappa shape index (κ2) is 3.14. The first-order valence-corrected chi connectivity index (χ1v) is 5.09. The molecule has 1 saturated carbocycles. The molecular formula is C12H16O3. The summed E-state index contributed by atoms with van der Waals surface area (Å²) >= 11 is 0. The maximum Gasteiger partial charge on any atom is 0.164 e. The monoisotopic (exact) mass is 208 g/mol. The van der Waals surface area contributed by atoms with Gasteiger partial charge in [0.05, 0.1) is 12.7 Å². The van der Waals surface area contributed by atoms with E-state index in [0.717, 1.165) is 11.1 Å². The Kier molecular flexibility index (Phi) is 2.15. The molecule has 2 rings (SSSR count). The average molecular weight is 208 g/mol. The van der Waals surface area contributed by atoms with Crippen LogP contribution in [-0.2, 0) is 5.60 Å². The molecule has 1 fully saturated rings. The molecule has 3 heteroatoms. The number of rotatable bonds is 2. The lowest BCUT2D eigenvalue weighted by molar-refractivity contribution is 0.147. The van der Waals surface area contributed by atoms with Gasteiger partial charge in [-0.1, -0.05) is 0 Å². The van der Waals surface area contributed by atoms with E-state index in [-0.39, 0.29) is 5.75 Å². The minimum Gasteiger partial charge on any atom is -0.504 e. The summed E-state index contributed by atoms with van der Waals surface area (Å²) in [4.78, 5) is 0. The molecule has 0 saturated heterocycles. The number of aromatic hydroxyl groups is 1. The Morgan fingerprint density at radius 2 is 1.93 bits per heavy atom. The van der Waals surface area contributed by atoms with Crippen molar-refractivity contribution in [1.82, 2.24) is 0 Å². The lowest BCUT2D eigenvalue weighted by Gasteiger charge is -2.17. The predicted octanol–water partition coefficient (Wildman–Crippen LogP) is 2.00. The molecule has 0 spiro atoms. The van der Waals surface area contributed by atoms with Crippen molar-refractivity contribution in [3.8, 4) is 11.5 Å². The summed E-state index contributed by atoms with van der Waals surface area (Å²) in [5.41, 5.74) is 1.72. The van der Waals surface area contributed by atoms with Gasteiger partial charge in [-0.2, -0.15) is 0 Å². The maximum absolute atomic E-state index is 10.0. The molecule has 1 aromatic rings. The SMILES string of the molecule is COc1c(C)c(C)cc(C2(O)CC2)c1O. The average Bonchev–Trinajstić information content (AvgIpc) is 2.92. The van der Waals surface area contributed by atoms with Gasteiger partial charge in [-0.3, -0.25) is 0 Å². The maximum atomic E-state index is 10.0. The van der Waals surface area contributed by atoms with E-state index in [1.165, 1.54) is 7.11 Å². The first kappa shape index (κ1) is 10.3. The van der Waals surface area contributed by atoms with Crippen LogP contribution in [0.1, 0.15) is 29.5 Å². The molecule has 3 nitrogen and oxygen atoms in total. The third kappa shape index (κ3) is 1.47. The van der Waals surface area contributed by atoms with Gasteiger partial charge in [0, 0.05) is 5.56 Å². The van der Waals surface area contributed by atoms with Crippen molar-refractivity contribution >= 4 is 0 Å². The van der Waals surface area contributed by atoms with Crippen LogP contribution in [0.5, 0.6) is 11.5 Å². The summed E-state index contributed by atoms with van der Waals surface area (Å²) in [6.45, 7) is 3.85. The number of aliphatic hydroxyl groups is 1. The fourth-order valence-corrected chi connectivity index (χ4v) is 1.86. The molecule has 82 valence electrons. The number of methoxy groups -OCH3 is 1. The number of benzene rings is 1. The van der Waals surface area contributed by atoms with E-state index >= 15 is 0 Å². The molecule has 0 unspecified atom stereocenters. The Hall–Kier alpha value is -1.22. The zero-order valence-electron chi connectivity index (χ0n) is 9.29. The number of phenols is 1. The largest absolute Gasteiger partial charge is 0.504 e. The van der Waals surface area contributed by atoms with Crippen molar-refractivity contribution in [2.75, 3.05) is 7.11 Å². The van der Waals surface area contributed by atoms with Crippen LogP contribution in [0, 0.1) is 13.8 Å². The summed E-state index contributed by atoms with van der Waals surface area (Å²) in [5.74, 6) is 0.561. The Bertz CT molecular complexity index is 406. The lowest BCUT2D eigenvalue weighted by Crippen LogP contribution is -2.07. The summed E-state index contributed by atoms with van der Waals surface area (Å²) in [6.07, 6.45) is 1.43. The summed E-state index contributed by atoms with van der Waals surface area (Å²) in [5, 5.41) is 20.0. The second-order valence-corrected chi connectivity index (χ2v) is 4.28. The Balaban J connectivity index is 2.62. The predicted molar refractivity (Wildman–Crippen MR) is 57.3 cm³/mol. The quantitative estimate of drug-likeness (QED) is 0.781. The summed E-state index contributed by atoms with van der Waals surface area (Å²) in [7, 11) is 1.53. The normalized spacial score (nSPS) is 17.6. The van der Waals surface area contributed by atoms with Gasteiger partial charge in [0.2, 0.25) is 0 Å². The third-order valence-electron chi connectivity index (χ3n) is 3.19. The molecule has 0 radical (unpaired) electrons. The van der Waals surface area contributed by atoms with E-state index < -0.39 is 5.60 Å². The van der Waals surface area contributed by atoms with E-state index in [1.54, 1.807) is 0 Å². The third-order valence-corrected chi connectivity index (χ3v) is 3.19. The van der Waals surface area contributed by atoms with E-state index in [1.807, 2.05) is 19.9 Å². The number of aryl methyl sites for hydroxylation is 1. The van der Waals surface area contributed by atoms with Gasteiger partial charge in [0.25, 0.3) is 0 Å². The Labute approximate surface area is 89.3 Å². The molecule has 1 aliphatic rings. The highest BCUT2D eigenvalue weighted by atomic mass is 16.5. The first-order chi connectivity index (χ1) is 6.99. The van der Waals surface area contributed by atoms with Gasteiger partial charge >= 0.3 is 0 Å². The fourth-order valence-electron chi connectivity index (χ4n) is 1.86. The van der Waals surface area contributed by atoms with Crippen LogP contribution >= 0.6 is 0 Å². The first-order valence-electron chi connectivity index (χ1n) is 5.09. The topological polar surface area (TPSA) is 49.7 Å². The van der Waals surface area contributed by atoms with Gasteiger partial charge in [-0.25, -0.2) is 0 Å². The van der Waals surface area contributed by atoms with E-state index in [0.29, 0.717) is 24.2 Å². The molecule has 1 aromatic carbocycles. The van der Waals surface area contributed by atoms with E-state index in [2.05, 4.69) is 0 Å². The second-order valence-electron chi connectivity index (χ2n) is 4.28. The van der Waals surface area contributed by atoms with Crippen molar-refractivity contribution in [2.24, 2.45) is 0 Å². The standard InChI is InChI=1S/C12H16O3/c1-7-6-9(12(14)4-5-12)10(13)11(15-3)8(7)2/h6,13-14H,4-5H2,1-3H3. The molecule has 0 atom stereocenters. The van der Waals surface area contributed by atoms with Crippen LogP contribution in [0.2, 0.25) is 0 Å². The smallest absolute Gasteiger partial charge is 0.164 e. The number of ether oxygens (including phenoxy) is 1. The van der Waals surface area contributed by atoms with Gasteiger partial charge in [0.1, 0.15) is 0 Å². The highest BCUT2D eigenvalue weighted by Gasteiger charge is 2.45. The van der Waals surface area contributed by atoms with Gasteiger partial charge in [-0.05, 0) is 43.9 Å². The molecule has 0 aromatic heterocycles. The van der Waals surface area contributed by atoms with Gasteiger partial charge < -0.3 is 14.9 Å². The molecule has 15 heavy (non-hydrogen) atoms. The molecule has 1 aliphatic carbocycles. The summed E-state index contributed by atoms with van der Waals surface area (Å²) in [6, 6.07) is 1.85. The fraction of sp³-hybridized carbons (Fsp3) is 0.500. The highest BCUT2D eigenvalue weighted by molar-refractivity contribution is 5.56.